The minimum atomic E-state index is -0.467. The van der Waals surface area contributed by atoms with E-state index in [2.05, 4.69) is 23.6 Å². The van der Waals surface area contributed by atoms with Crippen LogP contribution >= 0.6 is 11.6 Å². The maximum atomic E-state index is 9.66. The summed E-state index contributed by atoms with van der Waals surface area (Å²) in [5.74, 6) is 0.280. The van der Waals surface area contributed by atoms with Crippen molar-refractivity contribution in [3.05, 3.63) is 35.5 Å². The Kier molecular flexibility index (Phi) is 3.22. The molecule has 0 fully saturated rings. The summed E-state index contributed by atoms with van der Waals surface area (Å²) in [4.78, 5) is 0. The highest BCUT2D eigenvalue weighted by molar-refractivity contribution is 6.18. The van der Waals surface area contributed by atoms with E-state index in [1.165, 1.54) is 22.2 Å². The molecule has 86 valence electrons. The first-order valence-corrected chi connectivity index (χ1v) is 5.95. The zero-order chi connectivity index (χ0) is 11.7. The lowest BCUT2D eigenvalue weighted by molar-refractivity contribution is 0.199. The molecule has 1 atom stereocenters. The Hall–Kier alpha value is -0.990. The van der Waals surface area contributed by atoms with Gasteiger partial charge in [0.15, 0.2) is 0 Å². The van der Waals surface area contributed by atoms with E-state index in [1.807, 2.05) is 19.2 Å². The number of rotatable bonds is 3. The lowest BCUT2D eigenvalue weighted by atomic mass is 10.1. The Morgan fingerprint density at radius 1 is 1.38 bits per heavy atom. The number of hydrogen-bond donors (Lipinski definition) is 1. The molecular formula is C13H16ClNO. The molecule has 1 aromatic carbocycles. The molecule has 0 saturated heterocycles. The van der Waals surface area contributed by atoms with E-state index in [1.54, 1.807) is 0 Å². The fourth-order valence-electron chi connectivity index (χ4n) is 2.15. The van der Waals surface area contributed by atoms with Crippen molar-refractivity contribution in [1.29, 1.82) is 0 Å². The summed E-state index contributed by atoms with van der Waals surface area (Å²) in [5, 5.41) is 10.9. The van der Waals surface area contributed by atoms with Gasteiger partial charge in [-0.3, -0.25) is 0 Å². The fraction of sp³-hybridized carbons (Fsp3) is 0.385. The van der Waals surface area contributed by atoms with E-state index >= 15 is 0 Å². The topological polar surface area (TPSA) is 25.2 Å². The molecule has 2 aromatic rings. The lowest BCUT2D eigenvalue weighted by Crippen LogP contribution is -2.12. The van der Waals surface area contributed by atoms with Gasteiger partial charge in [0.1, 0.15) is 0 Å². The molecule has 0 saturated carbocycles. The Labute approximate surface area is 100 Å². The Bertz CT molecular complexity index is 504. The largest absolute Gasteiger partial charge is 0.392 e. The first-order valence-electron chi connectivity index (χ1n) is 5.42. The van der Waals surface area contributed by atoms with Gasteiger partial charge in [0.2, 0.25) is 0 Å². The number of fused-ring (bicyclic) bond motifs is 1. The molecule has 1 N–H and O–H groups in total. The van der Waals surface area contributed by atoms with E-state index in [9.17, 15) is 5.11 Å². The van der Waals surface area contributed by atoms with Gasteiger partial charge in [-0.15, -0.1) is 11.6 Å². The van der Waals surface area contributed by atoms with Gasteiger partial charge in [0, 0.05) is 35.9 Å². The smallest absolute Gasteiger partial charge is 0.0716 e. The van der Waals surface area contributed by atoms with Gasteiger partial charge in [-0.1, -0.05) is 18.2 Å². The predicted octanol–water partition coefficient (Wildman–Crippen LogP) is 2.63. The zero-order valence-corrected chi connectivity index (χ0v) is 10.3. The molecular weight excluding hydrogens is 222 g/mol. The summed E-state index contributed by atoms with van der Waals surface area (Å²) >= 11 is 5.66. The third-order valence-corrected chi connectivity index (χ3v) is 3.50. The van der Waals surface area contributed by atoms with Crippen LogP contribution in [0.25, 0.3) is 10.9 Å². The molecule has 0 spiro atoms. The predicted molar refractivity (Wildman–Crippen MR) is 68.1 cm³/mol. The number of aliphatic hydroxyl groups excluding tert-OH is 1. The van der Waals surface area contributed by atoms with Crippen LogP contribution in [0, 0.1) is 6.92 Å². The summed E-state index contributed by atoms with van der Waals surface area (Å²) in [5.41, 5.74) is 3.60. The minimum absolute atomic E-state index is 0.280. The molecule has 1 aromatic heterocycles. The summed E-state index contributed by atoms with van der Waals surface area (Å²) < 4.78 is 2.16. The van der Waals surface area contributed by atoms with Crippen molar-refractivity contribution in [3.63, 3.8) is 0 Å². The van der Waals surface area contributed by atoms with Crippen molar-refractivity contribution in [2.24, 2.45) is 7.05 Å². The minimum Gasteiger partial charge on any atom is -0.392 e. The lowest BCUT2D eigenvalue weighted by Gasteiger charge is -2.07. The van der Waals surface area contributed by atoms with Crippen LogP contribution in [0.1, 0.15) is 11.3 Å². The van der Waals surface area contributed by atoms with Crippen LogP contribution in [0.15, 0.2) is 24.3 Å². The zero-order valence-electron chi connectivity index (χ0n) is 9.57. The Morgan fingerprint density at radius 2 is 2.06 bits per heavy atom. The molecule has 0 bridgehead atoms. The normalized spacial score (nSPS) is 13.2. The summed E-state index contributed by atoms with van der Waals surface area (Å²) in [6.45, 7) is 2.08. The molecule has 3 heteroatoms. The fourth-order valence-corrected chi connectivity index (χ4v) is 2.26. The van der Waals surface area contributed by atoms with Crippen molar-refractivity contribution in [2.75, 3.05) is 5.88 Å². The van der Waals surface area contributed by atoms with Crippen LogP contribution in [0.5, 0.6) is 0 Å². The third-order valence-electron chi connectivity index (χ3n) is 3.15. The summed E-state index contributed by atoms with van der Waals surface area (Å²) in [7, 11) is 2.05. The van der Waals surface area contributed by atoms with Gasteiger partial charge in [-0.25, -0.2) is 0 Å². The summed E-state index contributed by atoms with van der Waals surface area (Å²) in [6, 6.07) is 8.25. The number of nitrogens with zero attached hydrogens (tertiary/aromatic N) is 1. The van der Waals surface area contributed by atoms with Crippen molar-refractivity contribution in [2.45, 2.75) is 19.4 Å². The second-order valence-corrected chi connectivity index (χ2v) is 4.46. The molecule has 16 heavy (non-hydrogen) atoms. The number of alkyl halides is 1. The van der Waals surface area contributed by atoms with Crippen molar-refractivity contribution < 1.29 is 5.11 Å². The van der Waals surface area contributed by atoms with Crippen molar-refractivity contribution in [1.82, 2.24) is 4.57 Å². The molecule has 0 aliphatic carbocycles. The Morgan fingerprint density at radius 3 is 2.75 bits per heavy atom. The molecule has 1 heterocycles. The first-order chi connectivity index (χ1) is 7.65. The number of aliphatic hydroxyl groups is 1. The quantitative estimate of drug-likeness (QED) is 0.816. The number of aryl methyl sites for hydroxylation is 1. The van der Waals surface area contributed by atoms with E-state index in [4.69, 9.17) is 11.6 Å². The molecule has 2 rings (SSSR count). The van der Waals surface area contributed by atoms with E-state index in [-0.39, 0.29) is 5.88 Å². The van der Waals surface area contributed by atoms with Crippen LogP contribution < -0.4 is 0 Å². The number of hydrogen-bond acceptors (Lipinski definition) is 1. The third kappa shape index (κ3) is 1.83. The molecule has 0 aliphatic rings. The molecule has 0 radical (unpaired) electrons. The van der Waals surface area contributed by atoms with Crippen molar-refractivity contribution >= 4 is 22.5 Å². The molecule has 0 aliphatic heterocycles. The number of benzene rings is 1. The summed E-state index contributed by atoms with van der Waals surface area (Å²) in [6.07, 6.45) is 0.155. The van der Waals surface area contributed by atoms with E-state index in [0.29, 0.717) is 6.42 Å². The van der Waals surface area contributed by atoms with E-state index in [0.717, 1.165) is 0 Å². The highest BCUT2D eigenvalue weighted by Gasteiger charge is 2.14. The van der Waals surface area contributed by atoms with Crippen LogP contribution in [0.3, 0.4) is 0 Å². The molecule has 0 amide bonds. The average molecular weight is 238 g/mol. The number of halogens is 1. The van der Waals surface area contributed by atoms with Gasteiger partial charge >= 0.3 is 0 Å². The molecule has 1 unspecified atom stereocenters. The van der Waals surface area contributed by atoms with Crippen LogP contribution in [0.4, 0.5) is 0 Å². The van der Waals surface area contributed by atoms with Crippen LogP contribution in [0.2, 0.25) is 0 Å². The van der Waals surface area contributed by atoms with Gasteiger partial charge in [0.05, 0.1) is 6.10 Å². The molecule has 2 nitrogen and oxygen atoms in total. The van der Waals surface area contributed by atoms with Gasteiger partial charge in [-0.05, 0) is 18.6 Å². The first kappa shape index (κ1) is 11.5. The highest BCUT2D eigenvalue weighted by atomic mass is 35.5. The second kappa shape index (κ2) is 4.48. The maximum Gasteiger partial charge on any atom is 0.0716 e. The van der Waals surface area contributed by atoms with E-state index < -0.39 is 6.10 Å². The van der Waals surface area contributed by atoms with Gasteiger partial charge < -0.3 is 9.67 Å². The standard InChI is InChI=1S/C13H16ClNO/c1-9-12(7-10(16)8-14)11-5-3-4-6-13(11)15(9)2/h3-6,10,16H,7-8H2,1-2H3. The Balaban J connectivity index is 2.55. The van der Waals surface area contributed by atoms with Gasteiger partial charge in [0.25, 0.3) is 0 Å². The van der Waals surface area contributed by atoms with Crippen LogP contribution in [-0.2, 0) is 13.5 Å². The van der Waals surface area contributed by atoms with Gasteiger partial charge in [-0.2, -0.15) is 0 Å². The monoisotopic (exact) mass is 237 g/mol. The number of aromatic nitrogens is 1. The number of para-hydroxylation sites is 1. The SMILES string of the molecule is Cc1c(CC(O)CCl)c2ccccc2n1C. The van der Waals surface area contributed by atoms with Crippen LogP contribution in [-0.4, -0.2) is 21.7 Å². The highest BCUT2D eigenvalue weighted by Crippen LogP contribution is 2.25. The second-order valence-electron chi connectivity index (χ2n) is 4.15. The average Bonchev–Trinajstić information content (AvgIpc) is 2.55. The van der Waals surface area contributed by atoms with Crippen molar-refractivity contribution in [3.8, 4) is 0 Å². The maximum absolute atomic E-state index is 9.66.